The number of hydrogen-bond donors (Lipinski definition) is 2. The zero-order valence-electron chi connectivity index (χ0n) is 14.2. The molecular formula is C18H21FN2O4. The van der Waals surface area contributed by atoms with Gasteiger partial charge >= 0.3 is 5.69 Å². The number of aliphatic hydroxyl groups excluding tert-OH is 1. The quantitative estimate of drug-likeness (QED) is 0.564. The molecule has 0 aliphatic carbocycles. The molecule has 7 heteroatoms. The molecular weight excluding hydrogens is 327 g/mol. The summed E-state index contributed by atoms with van der Waals surface area (Å²) in [6.45, 7) is 4.09. The van der Waals surface area contributed by atoms with Crippen LogP contribution in [0, 0.1) is 15.9 Å². The first-order valence-electron chi connectivity index (χ1n) is 7.99. The Bertz CT molecular complexity index is 752. The smallest absolute Gasteiger partial charge is 0.311 e. The third kappa shape index (κ3) is 4.74. The van der Waals surface area contributed by atoms with Crippen LogP contribution in [0.15, 0.2) is 36.4 Å². The molecule has 0 aliphatic heterocycles. The second-order valence-electron chi connectivity index (χ2n) is 5.60. The Hall–Kier alpha value is -2.51. The second kappa shape index (κ2) is 8.55. The zero-order valence-corrected chi connectivity index (χ0v) is 14.2. The highest BCUT2D eigenvalue weighted by Crippen LogP contribution is 2.30. The second-order valence-corrected chi connectivity index (χ2v) is 5.60. The molecule has 6 nitrogen and oxygen atoms in total. The van der Waals surface area contributed by atoms with Crippen LogP contribution < -0.4 is 10.1 Å². The Morgan fingerprint density at radius 3 is 2.72 bits per heavy atom. The third-order valence-electron chi connectivity index (χ3n) is 3.87. The largest absolute Gasteiger partial charge is 0.487 e. The molecule has 0 aliphatic rings. The van der Waals surface area contributed by atoms with Crippen molar-refractivity contribution >= 4 is 5.69 Å². The van der Waals surface area contributed by atoms with Crippen molar-refractivity contribution in [3.63, 3.8) is 0 Å². The van der Waals surface area contributed by atoms with Crippen molar-refractivity contribution in [3.05, 3.63) is 69.0 Å². The Morgan fingerprint density at radius 2 is 2.08 bits per heavy atom. The number of benzene rings is 2. The maximum absolute atomic E-state index is 13.4. The van der Waals surface area contributed by atoms with E-state index >= 15 is 0 Å². The number of nitrogens with one attached hydrogen (secondary N) is 1. The number of hydrogen-bond acceptors (Lipinski definition) is 5. The van der Waals surface area contributed by atoms with Crippen LogP contribution in [0.25, 0.3) is 0 Å². The molecule has 0 radical (unpaired) electrons. The zero-order chi connectivity index (χ0) is 18.4. The summed E-state index contributed by atoms with van der Waals surface area (Å²) in [5.41, 5.74) is 1.73. The fourth-order valence-electron chi connectivity index (χ4n) is 2.47. The number of aliphatic hydroxyl groups is 1. The van der Waals surface area contributed by atoms with E-state index in [1.807, 2.05) is 6.92 Å². The Labute approximate surface area is 145 Å². The standard InChI is InChI=1S/C18H21FN2O4/c1-3-25-18-7-5-14(9-17(18)21(23)24)12(2)20-10-13-4-6-16(19)15(8-13)11-22/h4-9,12,20,22H,3,10-11H2,1-2H3. The molecule has 1 atom stereocenters. The van der Waals surface area contributed by atoms with E-state index in [9.17, 15) is 14.5 Å². The molecule has 0 fully saturated rings. The van der Waals surface area contributed by atoms with Gasteiger partial charge in [0.1, 0.15) is 5.82 Å². The topological polar surface area (TPSA) is 84.6 Å². The lowest BCUT2D eigenvalue weighted by Gasteiger charge is -2.15. The fraction of sp³-hybridized carbons (Fsp3) is 0.333. The molecule has 134 valence electrons. The van der Waals surface area contributed by atoms with Gasteiger partial charge in [-0.1, -0.05) is 12.1 Å². The highest BCUT2D eigenvalue weighted by molar-refractivity contribution is 5.49. The lowest BCUT2D eigenvalue weighted by Crippen LogP contribution is -2.18. The van der Waals surface area contributed by atoms with Crippen molar-refractivity contribution in [1.82, 2.24) is 5.32 Å². The van der Waals surface area contributed by atoms with Crippen molar-refractivity contribution in [2.45, 2.75) is 33.0 Å². The molecule has 0 spiro atoms. The van der Waals surface area contributed by atoms with Gasteiger partial charge in [0.15, 0.2) is 5.75 Å². The summed E-state index contributed by atoms with van der Waals surface area (Å²) in [6, 6.07) is 9.25. The molecule has 0 aromatic heterocycles. The van der Waals surface area contributed by atoms with Crippen molar-refractivity contribution in [3.8, 4) is 5.75 Å². The average Bonchev–Trinajstić information content (AvgIpc) is 2.61. The van der Waals surface area contributed by atoms with Crippen LogP contribution in [0.5, 0.6) is 5.75 Å². The molecule has 2 N–H and O–H groups in total. The predicted octanol–water partition coefficient (Wildman–Crippen LogP) is 3.48. The number of nitro groups is 1. The van der Waals surface area contributed by atoms with E-state index < -0.39 is 10.7 Å². The summed E-state index contributed by atoms with van der Waals surface area (Å²) in [5, 5.41) is 23.5. The Balaban J connectivity index is 2.11. The number of halogens is 1. The molecule has 1 unspecified atom stereocenters. The van der Waals surface area contributed by atoms with E-state index in [1.165, 1.54) is 12.1 Å². The number of nitro benzene ring substituents is 1. The molecule has 2 aromatic rings. The Morgan fingerprint density at radius 1 is 1.32 bits per heavy atom. The van der Waals surface area contributed by atoms with E-state index in [4.69, 9.17) is 9.84 Å². The van der Waals surface area contributed by atoms with E-state index in [0.29, 0.717) is 13.2 Å². The summed E-state index contributed by atoms with van der Waals surface area (Å²) in [6.07, 6.45) is 0. The molecule has 0 saturated heterocycles. The van der Waals surface area contributed by atoms with Crippen LogP contribution in [0.3, 0.4) is 0 Å². The molecule has 0 bridgehead atoms. The van der Waals surface area contributed by atoms with E-state index in [-0.39, 0.29) is 29.6 Å². The van der Waals surface area contributed by atoms with Crippen molar-refractivity contribution < 1.29 is 19.2 Å². The first kappa shape index (κ1) is 18.8. The summed E-state index contributed by atoms with van der Waals surface area (Å²) in [5.74, 6) is -0.198. The van der Waals surface area contributed by atoms with Gasteiger partial charge in [-0.2, -0.15) is 0 Å². The molecule has 2 rings (SSSR count). The van der Waals surface area contributed by atoms with Crippen molar-refractivity contribution in [2.75, 3.05) is 6.61 Å². The highest BCUT2D eigenvalue weighted by atomic mass is 19.1. The van der Waals surface area contributed by atoms with Crippen LogP contribution in [-0.4, -0.2) is 16.6 Å². The van der Waals surface area contributed by atoms with Crippen LogP contribution in [-0.2, 0) is 13.2 Å². The SMILES string of the molecule is CCOc1ccc(C(C)NCc2ccc(F)c(CO)c2)cc1[N+](=O)[O-]. The van der Waals surface area contributed by atoms with Gasteiger partial charge in [0.05, 0.1) is 18.1 Å². The van der Waals surface area contributed by atoms with Crippen LogP contribution in [0.4, 0.5) is 10.1 Å². The van der Waals surface area contributed by atoms with Gasteiger partial charge in [0, 0.05) is 24.2 Å². The van der Waals surface area contributed by atoms with E-state index in [1.54, 1.807) is 31.2 Å². The molecule has 2 aromatic carbocycles. The molecule has 25 heavy (non-hydrogen) atoms. The maximum atomic E-state index is 13.4. The van der Waals surface area contributed by atoms with Gasteiger partial charge in [-0.3, -0.25) is 10.1 Å². The van der Waals surface area contributed by atoms with Gasteiger partial charge in [0.2, 0.25) is 0 Å². The van der Waals surface area contributed by atoms with Gasteiger partial charge in [-0.25, -0.2) is 4.39 Å². The van der Waals surface area contributed by atoms with Gasteiger partial charge in [0.25, 0.3) is 0 Å². The first-order chi connectivity index (χ1) is 12.0. The Kier molecular flexibility index (Phi) is 6.44. The highest BCUT2D eigenvalue weighted by Gasteiger charge is 2.18. The summed E-state index contributed by atoms with van der Waals surface area (Å²) >= 11 is 0. The lowest BCUT2D eigenvalue weighted by atomic mass is 10.1. The first-order valence-corrected chi connectivity index (χ1v) is 7.99. The summed E-state index contributed by atoms with van der Waals surface area (Å²) in [4.78, 5) is 10.7. The number of rotatable bonds is 8. The van der Waals surface area contributed by atoms with Crippen LogP contribution >= 0.6 is 0 Å². The summed E-state index contributed by atoms with van der Waals surface area (Å²) in [7, 11) is 0. The van der Waals surface area contributed by atoms with Crippen LogP contribution in [0.1, 0.15) is 36.6 Å². The number of ether oxygens (including phenoxy) is 1. The van der Waals surface area contributed by atoms with Crippen LogP contribution in [0.2, 0.25) is 0 Å². The summed E-state index contributed by atoms with van der Waals surface area (Å²) < 4.78 is 18.7. The maximum Gasteiger partial charge on any atom is 0.311 e. The van der Waals surface area contributed by atoms with E-state index in [0.717, 1.165) is 11.1 Å². The van der Waals surface area contributed by atoms with Gasteiger partial charge < -0.3 is 15.2 Å². The minimum absolute atomic E-state index is 0.0719. The van der Waals surface area contributed by atoms with Gasteiger partial charge in [-0.05, 0) is 43.2 Å². The molecule has 0 heterocycles. The predicted molar refractivity (Wildman–Crippen MR) is 91.8 cm³/mol. The van der Waals surface area contributed by atoms with Crippen molar-refractivity contribution in [2.24, 2.45) is 0 Å². The lowest BCUT2D eigenvalue weighted by molar-refractivity contribution is -0.385. The number of nitrogens with zero attached hydrogens (tertiary/aromatic N) is 1. The molecule has 0 saturated carbocycles. The third-order valence-corrected chi connectivity index (χ3v) is 3.87. The average molecular weight is 348 g/mol. The van der Waals surface area contributed by atoms with E-state index in [2.05, 4.69) is 5.32 Å². The molecule has 0 amide bonds. The monoisotopic (exact) mass is 348 g/mol. The van der Waals surface area contributed by atoms with Gasteiger partial charge in [-0.15, -0.1) is 0 Å². The minimum Gasteiger partial charge on any atom is -0.487 e. The van der Waals surface area contributed by atoms with Crippen molar-refractivity contribution in [1.29, 1.82) is 0 Å². The fourth-order valence-corrected chi connectivity index (χ4v) is 2.47. The minimum atomic E-state index is -0.464. The normalized spacial score (nSPS) is 12.0.